The van der Waals surface area contributed by atoms with E-state index < -0.39 is 0 Å². The molecule has 8 heteroatoms. The highest BCUT2D eigenvalue weighted by Gasteiger charge is 2.20. The molecular formula is C20H18ClN3O3S. The number of benzene rings is 2. The standard InChI is InChI=1S/C20H18ClN3O3S/c1-25-15-7-13(8-16(26-2)19(15)27-3)23-20-22-9-11-10-28-17-6-12(21)4-5-14(17)18(11)24-20/h4-9H,10H2,1-3H3,(H,22,23,24). The van der Waals surface area contributed by atoms with Crippen LogP contribution < -0.4 is 19.5 Å². The number of anilines is 2. The molecule has 3 aromatic rings. The summed E-state index contributed by atoms with van der Waals surface area (Å²) in [4.78, 5) is 10.3. The number of nitrogens with one attached hydrogen (secondary N) is 1. The number of fused-ring (bicyclic) bond motifs is 3. The van der Waals surface area contributed by atoms with Gasteiger partial charge in [-0.2, -0.15) is 0 Å². The molecule has 1 N–H and O–H groups in total. The van der Waals surface area contributed by atoms with E-state index >= 15 is 0 Å². The molecule has 0 unspecified atom stereocenters. The Balaban J connectivity index is 1.71. The summed E-state index contributed by atoms with van der Waals surface area (Å²) in [6, 6.07) is 9.48. The Bertz CT molecular complexity index is 1020. The Labute approximate surface area is 172 Å². The molecule has 1 aliphatic rings. The quantitative estimate of drug-likeness (QED) is 0.616. The molecule has 1 aromatic heterocycles. The minimum absolute atomic E-state index is 0.487. The first kappa shape index (κ1) is 18.7. The molecule has 0 spiro atoms. The van der Waals surface area contributed by atoms with Gasteiger partial charge in [-0.3, -0.25) is 0 Å². The van der Waals surface area contributed by atoms with Gasteiger partial charge in [0.15, 0.2) is 11.5 Å². The van der Waals surface area contributed by atoms with E-state index in [-0.39, 0.29) is 0 Å². The largest absolute Gasteiger partial charge is 0.493 e. The maximum Gasteiger partial charge on any atom is 0.227 e. The predicted molar refractivity (Wildman–Crippen MR) is 111 cm³/mol. The van der Waals surface area contributed by atoms with Crippen LogP contribution in [0.3, 0.4) is 0 Å². The van der Waals surface area contributed by atoms with Gasteiger partial charge in [0.2, 0.25) is 11.7 Å². The summed E-state index contributed by atoms with van der Waals surface area (Å²) in [6.45, 7) is 0. The van der Waals surface area contributed by atoms with E-state index in [0.717, 1.165) is 38.2 Å². The number of hydrogen-bond acceptors (Lipinski definition) is 7. The van der Waals surface area contributed by atoms with E-state index in [1.807, 2.05) is 36.5 Å². The van der Waals surface area contributed by atoms with Crippen LogP contribution in [0.4, 0.5) is 11.6 Å². The number of rotatable bonds is 5. The van der Waals surface area contributed by atoms with Crippen LogP contribution in [0.5, 0.6) is 17.2 Å². The highest BCUT2D eigenvalue weighted by atomic mass is 35.5. The van der Waals surface area contributed by atoms with E-state index in [1.54, 1.807) is 33.1 Å². The molecule has 2 aromatic carbocycles. The van der Waals surface area contributed by atoms with Gasteiger partial charge in [-0.25, -0.2) is 9.97 Å². The molecule has 2 heterocycles. The molecule has 0 atom stereocenters. The van der Waals surface area contributed by atoms with Crippen LogP contribution in [0, 0.1) is 0 Å². The average molecular weight is 416 g/mol. The number of aromatic nitrogens is 2. The number of thioether (sulfide) groups is 1. The minimum Gasteiger partial charge on any atom is -0.493 e. The Hall–Kier alpha value is -2.64. The lowest BCUT2D eigenvalue weighted by atomic mass is 10.1. The zero-order chi connectivity index (χ0) is 19.7. The van der Waals surface area contributed by atoms with Gasteiger partial charge >= 0.3 is 0 Å². The van der Waals surface area contributed by atoms with Gasteiger partial charge in [-0.1, -0.05) is 17.7 Å². The van der Waals surface area contributed by atoms with E-state index in [1.165, 1.54) is 0 Å². The summed E-state index contributed by atoms with van der Waals surface area (Å²) in [6.07, 6.45) is 1.85. The van der Waals surface area contributed by atoms with E-state index in [9.17, 15) is 0 Å². The highest BCUT2D eigenvalue weighted by Crippen LogP contribution is 2.43. The fourth-order valence-corrected chi connectivity index (χ4v) is 4.34. The molecule has 28 heavy (non-hydrogen) atoms. The fourth-order valence-electron chi connectivity index (χ4n) is 3.05. The van der Waals surface area contributed by atoms with E-state index in [2.05, 4.69) is 10.3 Å². The lowest BCUT2D eigenvalue weighted by molar-refractivity contribution is 0.324. The summed E-state index contributed by atoms with van der Waals surface area (Å²) >= 11 is 7.87. The van der Waals surface area contributed by atoms with Gasteiger partial charge in [0.1, 0.15) is 0 Å². The van der Waals surface area contributed by atoms with Gasteiger partial charge < -0.3 is 19.5 Å². The highest BCUT2D eigenvalue weighted by molar-refractivity contribution is 7.98. The topological polar surface area (TPSA) is 65.5 Å². The zero-order valence-electron chi connectivity index (χ0n) is 15.6. The Morgan fingerprint density at radius 2 is 1.79 bits per heavy atom. The summed E-state index contributed by atoms with van der Waals surface area (Å²) in [5, 5.41) is 3.95. The number of nitrogens with zero attached hydrogens (tertiary/aromatic N) is 2. The predicted octanol–water partition coefficient (Wildman–Crippen LogP) is 5.17. The molecule has 0 saturated carbocycles. The molecule has 0 aliphatic carbocycles. The molecule has 0 saturated heterocycles. The number of hydrogen-bond donors (Lipinski definition) is 1. The maximum absolute atomic E-state index is 6.13. The SMILES string of the molecule is COc1cc(Nc2ncc3c(n2)-c2ccc(Cl)cc2SC3)cc(OC)c1OC. The second kappa shape index (κ2) is 7.77. The van der Waals surface area contributed by atoms with Crippen LogP contribution in [0.15, 0.2) is 41.4 Å². The second-order valence-electron chi connectivity index (χ2n) is 6.04. The molecular weight excluding hydrogens is 398 g/mol. The first-order valence-corrected chi connectivity index (χ1v) is 9.85. The van der Waals surface area contributed by atoms with Crippen molar-refractivity contribution in [1.82, 2.24) is 9.97 Å². The smallest absolute Gasteiger partial charge is 0.227 e. The minimum atomic E-state index is 0.487. The van der Waals surface area contributed by atoms with E-state index in [0.29, 0.717) is 23.2 Å². The van der Waals surface area contributed by atoms with Gasteiger partial charge in [0.25, 0.3) is 0 Å². The van der Waals surface area contributed by atoms with Crippen molar-refractivity contribution in [3.8, 4) is 28.5 Å². The van der Waals surface area contributed by atoms with Crippen LogP contribution in [-0.4, -0.2) is 31.3 Å². The molecule has 4 rings (SSSR count). The van der Waals surface area contributed by atoms with Crippen molar-refractivity contribution < 1.29 is 14.2 Å². The van der Waals surface area contributed by atoms with Crippen LogP contribution in [0.2, 0.25) is 5.02 Å². The molecule has 0 amide bonds. The van der Waals surface area contributed by atoms with Gasteiger partial charge in [0, 0.05) is 50.8 Å². The Morgan fingerprint density at radius 3 is 2.46 bits per heavy atom. The summed E-state index contributed by atoms with van der Waals surface area (Å²) < 4.78 is 16.2. The van der Waals surface area contributed by atoms with Crippen LogP contribution in [0.25, 0.3) is 11.3 Å². The molecule has 6 nitrogen and oxygen atoms in total. The monoisotopic (exact) mass is 415 g/mol. The van der Waals surface area contributed by atoms with Crippen molar-refractivity contribution in [2.45, 2.75) is 10.6 Å². The third kappa shape index (κ3) is 3.43. The Morgan fingerprint density at radius 1 is 1.04 bits per heavy atom. The van der Waals surface area contributed by atoms with Gasteiger partial charge in [0.05, 0.1) is 27.0 Å². The first-order chi connectivity index (χ1) is 13.6. The molecule has 144 valence electrons. The van der Waals surface area contributed by atoms with Crippen molar-refractivity contribution in [2.75, 3.05) is 26.6 Å². The van der Waals surface area contributed by atoms with Gasteiger partial charge in [-0.05, 0) is 12.1 Å². The van der Waals surface area contributed by atoms with Crippen LogP contribution in [0.1, 0.15) is 5.56 Å². The molecule has 0 radical (unpaired) electrons. The van der Waals surface area contributed by atoms with Crippen LogP contribution in [-0.2, 0) is 5.75 Å². The molecule has 0 bridgehead atoms. The van der Waals surface area contributed by atoms with Crippen molar-refractivity contribution in [3.05, 3.63) is 47.1 Å². The second-order valence-corrected chi connectivity index (χ2v) is 7.49. The number of ether oxygens (including phenoxy) is 3. The van der Waals surface area contributed by atoms with Crippen molar-refractivity contribution in [3.63, 3.8) is 0 Å². The number of halogens is 1. The summed E-state index contributed by atoms with van der Waals surface area (Å²) in [7, 11) is 4.73. The summed E-state index contributed by atoms with van der Waals surface area (Å²) in [5.41, 5.74) is 3.80. The third-order valence-corrected chi connectivity index (χ3v) is 5.71. The van der Waals surface area contributed by atoms with Crippen molar-refractivity contribution in [1.29, 1.82) is 0 Å². The molecule has 1 aliphatic heterocycles. The van der Waals surface area contributed by atoms with Gasteiger partial charge in [-0.15, -0.1) is 11.8 Å². The third-order valence-electron chi connectivity index (χ3n) is 4.37. The normalized spacial score (nSPS) is 12.0. The van der Waals surface area contributed by atoms with Crippen LogP contribution >= 0.6 is 23.4 Å². The lowest BCUT2D eigenvalue weighted by Crippen LogP contribution is -2.05. The maximum atomic E-state index is 6.13. The van der Waals surface area contributed by atoms with Crippen molar-refractivity contribution in [2.24, 2.45) is 0 Å². The Kier molecular flexibility index (Phi) is 5.19. The number of methoxy groups -OCH3 is 3. The average Bonchev–Trinajstić information content (AvgIpc) is 2.72. The lowest BCUT2D eigenvalue weighted by Gasteiger charge is -2.19. The summed E-state index contributed by atoms with van der Waals surface area (Å²) in [5.74, 6) is 2.94. The zero-order valence-corrected chi connectivity index (χ0v) is 17.1. The van der Waals surface area contributed by atoms with E-state index in [4.69, 9.17) is 30.8 Å². The first-order valence-electron chi connectivity index (χ1n) is 8.48. The fraction of sp³-hybridized carbons (Fsp3) is 0.200. The van der Waals surface area contributed by atoms with Crippen molar-refractivity contribution >= 4 is 35.0 Å². The molecule has 0 fully saturated rings.